The molecule has 0 saturated carbocycles. The van der Waals surface area contributed by atoms with Crippen molar-refractivity contribution in [3.05, 3.63) is 57.7 Å². The van der Waals surface area contributed by atoms with Gasteiger partial charge in [-0.3, -0.25) is 0 Å². The van der Waals surface area contributed by atoms with Gasteiger partial charge in [-0.1, -0.05) is 0 Å². The second-order valence-electron chi connectivity index (χ2n) is 4.56. The Labute approximate surface area is 114 Å². The molecular formula is C15H14FNOS. The molecule has 1 aromatic carbocycles. The van der Waals surface area contributed by atoms with E-state index in [2.05, 4.69) is 23.0 Å². The summed E-state index contributed by atoms with van der Waals surface area (Å²) in [6, 6.07) is 6.48. The first kappa shape index (κ1) is 12.4. The number of rotatable bonds is 3. The Morgan fingerprint density at radius 3 is 2.79 bits per heavy atom. The van der Waals surface area contributed by atoms with Crippen LogP contribution in [0.4, 0.5) is 4.39 Å². The first-order chi connectivity index (χ1) is 9.19. The van der Waals surface area contributed by atoms with Crippen LogP contribution in [-0.2, 0) is 0 Å². The SMILES string of the molecule is CNC(c1cc2cc(F)ccc2o1)c1cscc1C. The minimum atomic E-state index is -0.243. The first-order valence-corrected chi connectivity index (χ1v) is 7.02. The lowest BCUT2D eigenvalue weighted by Crippen LogP contribution is -2.17. The summed E-state index contributed by atoms with van der Waals surface area (Å²) in [6.45, 7) is 2.08. The van der Waals surface area contributed by atoms with E-state index < -0.39 is 0 Å². The van der Waals surface area contributed by atoms with E-state index in [1.54, 1.807) is 17.4 Å². The lowest BCUT2D eigenvalue weighted by Gasteiger charge is -2.13. The molecular weight excluding hydrogens is 261 g/mol. The smallest absolute Gasteiger partial charge is 0.134 e. The average Bonchev–Trinajstić information content (AvgIpc) is 2.97. The summed E-state index contributed by atoms with van der Waals surface area (Å²) >= 11 is 1.67. The van der Waals surface area contributed by atoms with Crippen LogP contribution in [0, 0.1) is 12.7 Å². The Morgan fingerprint density at radius 2 is 2.11 bits per heavy atom. The van der Waals surface area contributed by atoms with Crippen molar-refractivity contribution in [2.75, 3.05) is 7.05 Å². The van der Waals surface area contributed by atoms with Crippen LogP contribution in [0.25, 0.3) is 11.0 Å². The Balaban J connectivity index is 2.09. The van der Waals surface area contributed by atoms with Crippen LogP contribution in [0.3, 0.4) is 0 Å². The molecule has 1 atom stereocenters. The zero-order valence-corrected chi connectivity index (χ0v) is 11.6. The summed E-state index contributed by atoms with van der Waals surface area (Å²) in [7, 11) is 1.90. The van der Waals surface area contributed by atoms with Gasteiger partial charge in [0.15, 0.2) is 0 Å². The molecule has 0 saturated heterocycles. The lowest BCUT2D eigenvalue weighted by atomic mass is 10.0. The van der Waals surface area contributed by atoms with Crippen LogP contribution in [0.5, 0.6) is 0 Å². The molecule has 0 radical (unpaired) electrons. The van der Waals surface area contributed by atoms with Crippen LogP contribution in [-0.4, -0.2) is 7.05 Å². The van der Waals surface area contributed by atoms with E-state index in [4.69, 9.17) is 4.42 Å². The van der Waals surface area contributed by atoms with Gasteiger partial charge in [0.25, 0.3) is 0 Å². The fourth-order valence-corrected chi connectivity index (χ4v) is 3.17. The molecule has 0 aliphatic heterocycles. The van der Waals surface area contributed by atoms with Crippen molar-refractivity contribution >= 4 is 22.3 Å². The van der Waals surface area contributed by atoms with Gasteiger partial charge >= 0.3 is 0 Å². The van der Waals surface area contributed by atoms with Crippen LogP contribution in [0.1, 0.15) is 22.9 Å². The van der Waals surface area contributed by atoms with Crippen molar-refractivity contribution in [3.8, 4) is 0 Å². The molecule has 0 spiro atoms. The van der Waals surface area contributed by atoms with Gasteiger partial charge < -0.3 is 9.73 Å². The van der Waals surface area contributed by atoms with Crippen molar-refractivity contribution in [1.82, 2.24) is 5.32 Å². The minimum Gasteiger partial charge on any atom is -0.459 e. The molecule has 1 N–H and O–H groups in total. The highest BCUT2D eigenvalue weighted by molar-refractivity contribution is 7.08. The van der Waals surface area contributed by atoms with Crippen molar-refractivity contribution < 1.29 is 8.81 Å². The van der Waals surface area contributed by atoms with Crippen molar-refractivity contribution in [1.29, 1.82) is 0 Å². The number of thiophene rings is 1. The van der Waals surface area contributed by atoms with Gasteiger partial charge in [0.05, 0.1) is 6.04 Å². The van der Waals surface area contributed by atoms with E-state index in [0.717, 1.165) is 11.1 Å². The second-order valence-corrected chi connectivity index (χ2v) is 5.31. The third kappa shape index (κ3) is 2.17. The van der Waals surface area contributed by atoms with E-state index in [1.807, 2.05) is 13.1 Å². The van der Waals surface area contributed by atoms with Gasteiger partial charge in [0.1, 0.15) is 17.2 Å². The molecule has 0 amide bonds. The predicted octanol–water partition coefficient (Wildman–Crippen LogP) is 4.25. The van der Waals surface area contributed by atoms with E-state index in [0.29, 0.717) is 5.58 Å². The molecule has 4 heteroatoms. The Morgan fingerprint density at radius 1 is 1.26 bits per heavy atom. The molecule has 0 fully saturated rings. The standard InChI is InChI=1S/C15H14FNOS/c1-9-7-19-8-12(9)15(17-2)14-6-10-5-11(16)3-4-13(10)18-14/h3-8,15,17H,1-2H3. The van der Waals surface area contributed by atoms with Crippen molar-refractivity contribution in [2.45, 2.75) is 13.0 Å². The molecule has 3 rings (SSSR count). The van der Waals surface area contributed by atoms with Gasteiger partial charge in [-0.05, 0) is 60.1 Å². The molecule has 0 bridgehead atoms. The Kier molecular flexibility index (Phi) is 3.12. The summed E-state index contributed by atoms with van der Waals surface area (Å²) in [4.78, 5) is 0. The number of benzene rings is 1. The third-order valence-corrected chi connectivity index (χ3v) is 4.16. The first-order valence-electron chi connectivity index (χ1n) is 6.08. The normalized spacial score (nSPS) is 13.0. The maximum absolute atomic E-state index is 13.2. The fourth-order valence-electron chi connectivity index (χ4n) is 2.29. The van der Waals surface area contributed by atoms with Gasteiger partial charge in [0.2, 0.25) is 0 Å². The van der Waals surface area contributed by atoms with E-state index >= 15 is 0 Å². The molecule has 2 nitrogen and oxygen atoms in total. The molecule has 98 valence electrons. The zero-order chi connectivity index (χ0) is 13.4. The van der Waals surface area contributed by atoms with Crippen molar-refractivity contribution in [3.63, 3.8) is 0 Å². The van der Waals surface area contributed by atoms with Gasteiger partial charge in [-0.2, -0.15) is 11.3 Å². The lowest BCUT2D eigenvalue weighted by molar-refractivity contribution is 0.491. The molecule has 3 aromatic rings. The number of hydrogen-bond donors (Lipinski definition) is 1. The number of fused-ring (bicyclic) bond motifs is 1. The third-order valence-electron chi connectivity index (χ3n) is 3.28. The van der Waals surface area contributed by atoms with Crippen LogP contribution >= 0.6 is 11.3 Å². The van der Waals surface area contributed by atoms with Gasteiger partial charge in [-0.25, -0.2) is 4.39 Å². The number of nitrogens with one attached hydrogen (secondary N) is 1. The molecule has 1 unspecified atom stereocenters. The van der Waals surface area contributed by atoms with Crippen LogP contribution in [0.15, 0.2) is 39.4 Å². The Hall–Kier alpha value is -1.65. The maximum atomic E-state index is 13.2. The number of halogens is 1. The molecule has 2 aromatic heterocycles. The van der Waals surface area contributed by atoms with E-state index in [1.165, 1.54) is 23.3 Å². The highest BCUT2D eigenvalue weighted by Crippen LogP contribution is 2.31. The average molecular weight is 275 g/mol. The monoisotopic (exact) mass is 275 g/mol. The fraction of sp³-hybridized carbons (Fsp3) is 0.200. The minimum absolute atomic E-state index is 0.00158. The second kappa shape index (κ2) is 4.79. The highest BCUT2D eigenvalue weighted by atomic mass is 32.1. The molecule has 0 aliphatic rings. The quantitative estimate of drug-likeness (QED) is 0.773. The van der Waals surface area contributed by atoms with E-state index in [9.17, 15) is 4.39 Å². The number of hydrogen-bond acceptors (Lipinski definition) is 3. The van der Waals surface area contributed by atoms with Crippen LogP contribution < -0.4 is 5.32 Å². The Bertz CT molecular complexity index is 716. The highest BCUT2D eigenvalue weighted by Gasteiger charge is 2.19. The summed E-state index contributed by atoms with van der Waals surface area (Å²) in [5.41, 5.74) is 3.15. The van der Waals surface area contributed by atoms with Crippen LogP contribution in [0.2, 0.25) is 0 Å². The summed E-state index contributed by atoms with van der Waals surface area (Å²) < 4.78 is 19.0. The largest absolute Gasteiger partial charge is 0.459 e. The predicted molar refractivity (Wildman–Crippen MR) is 76.1 cm³/mol. The maximum Gasteiger partial charge on any atom is 0.134 e. The summed E-state index contributed by atoms with van der Waals surface area (Å²) in [5.74, 6) is 0.567. The van der Waals surface area contributed by atoms with E-state index in [-0.39, 0.29) is 11.9 Å². The van der Waals surface area contributed by atoms with Gasteiger partial charge in [0, 0.05) is 5.39 Å². The topological polar surface area (TPSA) is 25.2 Å². The molecule has 19 heavy (non-hydrogen) atoms. The summed E-state index contributed by atoms with van der Waals surface area (Å²) in [6.07, 6.45) is 0. The number of furan rings is 1. The van der Waals surface area contributed by atoms with Gasteiger partial charge in [-0.15, -0.1) is 0 Å². The molecule has 2 heterocycles. The zero-order valence-electron chi connectivity index (χ0n) is 10.7. The number of aryl methyl sites for hydroxylation is 1. The molecule has 0 aliphatic carbocycles. The van der Waals surface area contributed by atoms with Crippen molar-refractivity contribution in [2.24, 2.45) is 0 Å². The summed E-state index contributed by atoms with van der Waals surface area (Å²) in [5, 5.41) is 8.28.